The maximum absolute atomic E-state index is 11.8. The summed E-state index contributed by atoms with van der Waals surface area (Å²) in [6, 6.07) is 0.283. The van der Waals surface area contributed by atoms with Crippen molar-refractivity contribution >= 4 is 17.7 Å². The molecule has 0 aliphatic heterocycles. The fraction of sp³-hybridized carbons (Fsp3) is 0.750. The number of nitrogens with two attached hydrogens (primary N) is 1. The van der Waals surface area contributed by atoms with E-state index in [4.69, 9.17) is 5.84 Å². The topological polar surface area (TPSA) is 85.8 Å². The van der Waals surface area contributed by atoms with Gasteiger partial charge in [-0.1, -0.05) is 11.8 Å². The van der Waals surface area contributed by atoms with Crippen LogP contribution in [-0.2, 0) is 4.79 Å². The number of aromatic nitrogens is 3. The molecule has 0 spiro atoms. The summed E-state index contributed by atoms with van der Waals surface area (Å²) in [5, 5.41) is 11.8. The van der Waals surface area contributed by atoms with Crippen LogP contribution in [0.25, 0.3) is 0 Å². The Bertz CT molecular complexity index is 480. The maximum atomic E-state index is 11.8. The minimum atomic E-state index is 0.0420. The van der Waals surface area contributed by atoms with Gasteiger partial charge in [-0.05, 0) is 38.5 Å². The zero-order valence-electron chi connectivity index (χ0n) is 11.0. The second-order valence-corrected chi connectivity index (χ2v) is 6.41. The lowest BCUT2D eigenvalue weighted by molar-refractivity contribution is -0.119. The molecule has 0 unspecified atom stereocenters. The van der Waals surface area contributed by atoms with E-state index in [1.807, 2.05) is 0 Å². The molecule has 1 aromatic rings. The monoisotopic (exact) mass is 281 g/mol. The van der Waals surface area contributed by atoms with Gasteiger partial charge >= 0.3 is 0 Å². The molecule has 0 bridgehead atoms. The molecule has 1 aromatic heterocycles. The predicted molar refractivity (Wildman–Crippen MR) is 73.2 cm³/mol. The van der Waals surface area contributed by atoms with Crippen molar-refractivity contribution in [2.24, 2.45) is 5.92 Å². The Morgan fingerprint density at radius 1 is 1.47 bits per heavy atom. The molecule has 104 valence electrons. The summed E-state index contributed by atoms with van der Waals surface area (Å²) in [4.78, 5) is 11.8. The molecule has 2 fully saturated rings. The van der Waals surface area contributed by atoms with Crippen molar-refractivity contribution in [1.82, 2.24) is 20.2 Å². The molecule has 2 saturated carbocycles. The molecule has 2 aliphatic rings. The van der Waals surface area contributed by atoms with E-state index in [0.29, 0.717) is 22.7 Å². The van der Waals surface area contributed by atoms with Gasteiger partial charge in [0.1, 0.15) is 0 Å². The van der Waals surface area contributed by atoms with E-state index in [1.165, 1.54) is 29.3 Å². The lowest BCUT2D eigenvalue weighted by atomic mass is 10.2. The molecule has 3 N–H and O–H groups in total. The fourth-order valence-corrected chi connectivity index (χ4v) is 2.82. The van der Waals surface area contributed by atoms with Crippen LogP contribution in [0.15, 0.2) is 5.16 Å². The molecule has 2 aliphatic carbocycles. The maximum Gasteiger partial charge on any atom is 0.230 e. The van der Waals surface area contributed by atoms with Crippen LogP contribution in [0.2, 0.25) is 0 Å². The van der Waals surface area contributed by atoms with Gasteiger partial charge in [0.25, 0.3) is 0 Å². The predicted octanol–water partition coefficient (Wildman–Crippen LogP) is 0.876. The third-order valence-electron chi connectivity index (χ3n) is 3.68. The first-order valence-corrected chi connectivity index (χ1v) is 7.76. The first-order chi connectivity index (χ1) is 9.15. The highest BCUT2D eigenvalue weighted by molar-refractivity contribution is 7.99. The van der Waals surface area contributed by atoms with Crippen LogP contribution in [0.1, 0.15) is 44.3 Å². The second-order valence-electron chi connectivity index (χ2n) is 5.47. The highest BCUT2D eigenvalue weighted by atomic mass is 32.2. The van der Waals surface area contributed by atoms with Gasteiger partial charge in [-0.25, -0.2) is 4.68 Å². The molecule has 0 radical (unpaired) electrons. The van der Waals surface area contributed by atoms with Gasteiger partial charge in [-0.3, -0.25) is 4.79 Å². The van der Waals surface area contributed by atoms with E-state index in [0.717, 1.165) is 18.7 Å². The van der Waals surface area contributed by atoms with Crippen molar-refractivity contribution in [3.63, 3.8) is 0 Å². The van der Waals surface area contributed by atoms with E-state index in [-0.39, 0.29) is 11.9 Å². The Hall–Kier alpha value is -1.24. The molecule has 1 amide bonds. The van der Waals surface area contributed by atoms with E-state index >= 15 is 0 Å². The number of nitrogen functional groups attached to an aromatic ring is 1. The van der Waals surface area contributed by atoms with Gasteiger partial charge in [0.15, 0.2) is 5.82 Å². The Morgan fingerprint density at radius 3 is 2.84 bits per heavy atom. The van der Waals surface area contributed by atoms with Crippen molar-refractivity contribution in [3.05, 3.63) is 5.82 Å². The largest absolute Gasteiger partial charge is 0.353 e. The van der Waals surface area contributed by atoms with Crippen LogP contribution >= 0.6 is 11.8 Å². The number of hydrogen-bond donors (Lipinski definition) is 2. The number of carbonyl (C=O) groups is 1. The van der Waals surface area contributed by atoms with Gasteiger partial charge in [0.2, 0.25) is 11.1 Å². The highest BCUT2D eigenvalue weighted by Crippen LogP contribution is 2.39. The van der Waals surface area contributed by atoms with Gasteiger partial charge in [-0.2, -0.15) is 0 Å². The summed E-state index contributed by atoms with van der Waals surface area (Å²) >= 11 is 1.35. The number of rotatable bonds is 6. The number of carbonyl (C=O) groups excluding carboxylic acids is 1. The molecule has 3 rings (SSSR count). The van der Waals surface area contributed by atoms with Gasteiger partial charge in [0.05, 0.1) is 5.75 Å². The van der Waals surface area contributed by atoms with Crippen LogP contribution in [0.5, 0.6) is 0 Å². The summed E-state index contributed by atoms with van der Waals surface area (Å²) < 4.78 is 1.53. The Morgan fingerprint density at radius 2 is 2.21 bits per heavy atom. The third-order valence-corrected chi connectivity index (χ3v) is 4.63. The summed E-state index contributed by atoms with van der Waals surface area (Å²) in [6.45, 7) is 2.07. The molecule has 6 nitrogen and oxygen atoms in total. The summed E-state index contributed by atoms with van der Waals surface area (Å²) in [6.07, 6.45) is 4.74. The molecule has 0 saturated heterocycles. The van der Waals surface area contributed by atoms with Crippen LogP contribution < -0.4 is 11.2 Å². The summed E-state index contributed by atoms with van der Waals surface area (Å²) in [7, 11) is 0. The lowest BCUT2D eigenvalue weighted by Crippen LogP contribution is -2.35. The lowest BCUT2D eigenvalue weighted by Gasteiger charge is -2.12. The van der Waals surface area contributed by atoms with Crippen LogP contribution in [0.4, 0.5) is 0 Å². The van der Waals surface area contributed by atoms with Crippen molar-refractivity contribution < 1.29 is 4.79 Å². The SMILES string of the molecule is C[C@H](NC(=O)CSc1nnc(C2CC2)n1N)C1CC1. The zero-order valence-corrected chi connectivity index (χ0v) is 11.8. The second kappa shape index (κ2) is 5.03. The Kier molecular flexibility index (Phi) is 3.38. The fourth-order valence-electron chi connectivity index (χ4n) is 2.15. The average molecular weight is 281 g/mol. The normalized spacial score (nSPS) is 20.3. The minimum Gasteiger partial charge on any atom is -0.353 e. The number of nitrogens with one attached hydrogen (secondary N) is 1. The number of thioether (sulfide) groups is 1. The minimum absolute atomic E-state index is 0.0420. The van der Waals surface area contributed by atoms with Crippen LogP contribution in [-0.4, -0.2) is 32.6 Å². The molecule has 1 atom stereocenters. The Labute approximate surface area is 116 Å². The number of nitrogens with zero attached hydrogens (tertiary/aromatic N) is 3. The summed E-state index contributed by atoms with van der Waals surface area (Å²) in [5.41, 5.74) is 0. The van der Waals surface area contributed by atoms with Gasteiger partial charge in [-0.15, -0.1) is 10.2 Å². The van der Waals surface area contributed by atoms with Crippen molar-refractivity contribution in [3.8, 4) is 0 Å². The smallest absolute Gasteiger partial charge is 0.230 e. The first kappa shape index (κ1) is 12.8. The van der Waals surface area contributed by atoms with Gasteiger partial charge in [0, 0.05) is 12.0 Å². The third kappa shape index (κ3) is 3.02. The first-order valence-electron chi connectivity index (χ1n) is 6.77. The molecule has 0 aromatic carbocycles. The van der Waals surface area contributed by atoms with Crippen LogP contribution in [0.3, 0.4) is 0 Å². The Balaban J connectivity index is 1.49. The molecular formula is C12H19N5OS. The molecule has 7 heteroatoms. The van der Waals surface area contributed by atoms with E-state index < -0.39 is 0 Å². The zero-order chi connectivity index (χ0) is 13.4. The quantitative estimate of drug-likeness (QED) is 0.597. The van der Waals surface area contributed by atoms with Crippen molar-refractivity contribution in [2.75, 3.05) is 11.6 Å². The van der Waals surface area contributed by atoms with Crippen molar-refractivity contribution in [2.45, 2.75) is 49.7 Å². The van der Waals surface area contributed by atoms with E-state index in [9.17, 15) is 4.79 Å². The summed E-state index contributed by atoms with van der Waals surface area (Å²) in [5.74, 6) is 8.30. The van der Waals surface area contributed by atoms with Crippen molar-refractivity contribution in [1.29, 1.82) is 0 Å². The molecule has 19 heavy (non-hydrogen) atoms. The number of hydrogen-bond acceptors (Lipinski definition) is 5. The molecule has 1 heterocycles. The highest BCUT2D eigenvalue weighted by Gasteiger charge is 2.30. The standard InChI is InChI=1S/C12H19N5OS/c1-7(8-2-3-8)14-10(18)6-19-12-16-15-11(17(12)13)9-4-5-9/h7-9H,2-6,13H2,1H3,(H,14,18)/t7-/m0/s1. The average Bonchev–Trinajstić information content (AvgIpc) is 3.26. The van der Waals surface area contributed by atoms with Crippen LogP contribution in [0, 0.1) is 5.92 Å². The number of amides is 1. The van der Waals surface area contributed by atoms with Gasteiger partial charge < -0.3 is 11.2 Å². The van der Waals surface area contributed by atoms with E-state index in [1.54, 1.807) is 0 Å². The molecular weight excluding hydrogens is 262 g/mol. The van der Waals surface area contributed by atoms with E-state index in [2.05, 4.69) is 22.4 Å².